The first kappa shape index (κ1) is 18.7. The van der Waals surface area contributed by atoms with Crippen molar-refractivity contribution in [3.8, 4) is 11.1 Å². The first-order valence-corrected chi connectivity index (χ1v) is 10.4. The summed E-state index contributed by atoms with van der Waals surface area (Å²) in [4.78, 5) is 0. The molecule has 0 N–H and O–H groups in total. The predicted molar refractivity (Wildman–Crippen MR) is 111 cm³/mol. The second kappa shape index (κ2) is 7.07. The maximum absolute atomic E-state index is 5.89. The zero-order chi connectivity index (χ0) is 19.1. The Morgan fingerprint density at radius 3 is 2.44 bits per heavy atom. The first-order valence-electron chi connectivity index (χ1n) is 10.4. The molecule has 0 amide bonds. The lowest BCUT2D eigenvalue weighted by molar-refractivity contribution is -0.149. The quantitative estimate of drug-likeness (QED) is 0.622. The van der Waals surface area contributed by atoms with Crippen LogP contribution in [0.4, 0.5) is 0 Å². The average Bonchev–Trinajstić information content (AvgIpc) is 3.27. The average molecular weight is 365 g/mol. The van der Waals surface area contributed by atoms with E-state index < -0.39 is 5.79 Å². The van der Waals surface area contributed by atoms with Gasteiger partial charge in [-0.25, -0.2) is 0 Å². The van der Waals surface area contributed by atoms with Gasteiger partial charge in [0.25, 0.3) is 0 Å². The van der Waals surface area contributed by atoms with Crippen LogP contribution in [-0.2, 0) is 21.7 Å². The van der Waals surface area contributed by atoms with Crippen molar-refractivity contribution in [2.24, 2.45) is 5.41 Å². The normalized spacial score (nSPS) is 23.6. The topological polar surface area (TPSA) is 18.5 Å². The third-order valence-electron chi connectivity index (χ3n) is 6.69. The highest BCUT2D eigenvalue weighted by Gasteiger charge is 2.37. The third-order valence-corrected chi connectivity index (χ3v) is 6.69. The Balaban J connectivity index is 1.80. The molecule has 2 aromatic carbocycles. The van der Waals surface area contributed by atoms with Gasteiger partial charge in [0.05, 0.1) is 13.2 Å². The minimum atomic E-state index is -0.619. The van der Waals surface area contributed by atoms with Crippen LogP contribution < -0.4 is 0 Å². The molecule has 2 aliphatic rings. The van der Waals surface area contributed by atoms with Crippen LogP contribution in [0.1, 0.15) is 69.6 Å². The van der Waals surface area contributed by atoms with Crippen LogP contribution in [0.5, 0.6) is 0 Å². The highest BCUT2D eigenvalue weighted by atomic mass is 16.7. The number of aryl methyl sites for hydroxylation is 1. The van der Waals surface area contributed by atoms with Gasteiger partial charge >= 0.3 is 0 Å². The van der Waals surface area contributed by atoms with Crippen molar-refractivity contribution in [3.05, 3.63) is 59.2 Å². The van der Waals surface area contributed by atoms with E-state index >= 15 is 0 Å². The Labute approximate surface area is 163 Å². The van der Waals surface area contributed by atoms with Crippen LogP contribution in [0.3, 0.4) is 0 Å². The van der Waals surface area contributed by atoms with E-state index in [1.807, 2.05) is 6.92 Å². The second-order valence-corrected chi connectivity index (χ2v) is 8.93. The van der Waals surface area contributed by atoms with Crippen molar-refractivity contribution in [2.75, 3.05) is 13.2 Å². The molecule has 0 unspecified atom stereocenters. The maximum Gasteiger partial charge on any atom is 0.192 e. The van der Waals surface area contributed by atoms with Crippen molar-refractivity contribution in [2.45, 2.75) is 65.1 Å². The van der Waals surface area contributed by atoms with Crippen LogP contribution in [0.2, 0.25) is 0 Å². The van der Waals surface area contributed by atoms with Crippen molar-refractivity contribution >= 4 is 0 Å². The number of hydrogen-bond donors (Lipinski definition) is 0. The van der Waals surface area contributed by atoms with Crippen molar-refractivity contribution in [1.29, 1.82) is 0 Å². The summed E-state index contributed by atoms with van der Waals surface area (Å²) in [6.45, 7) is 10.5. The van der Waals surface area contributed by atoms with Crippen molar-refractivity contribution in [3.63, 3.8) is 0 Å². The number of rotatable bonds is 4. The van der Waals surface area contributed by atoms with Gasteiger partial charge in [-0.2, -0.15) is 0 Å². The standard InChI is InChI=1S/C25H32O2/c1-5-18-11-12-21(22(16-18)23-10-7-13-24(23,2)3)19-8-6-9-20(17-19)25(4)26-14-15-27-25/h6,8-9,11-12,16-17,23H,5,7,10,13-15H2,1-4H3/t23-/m0/s1. The minimum Gasteiger partial charge on any atom is -0.344 e. The molecular formula is C25H32O2. The monoisotopic (exact) mass is 364 g/mol. The van der Waals surface area contributed by atoms with Gasteiger partial charge in [-0.1, -0.05) is 63.6 Å². The minimum absolute atomic E-state index is 0.363. The maximum atomic E-state index is 5.89. The summed E-state index contributed by atoms with van der Waals surface area (Å²) >= 11 is 0. The van der Waals surface area contributed by atoms with E-state index in [2.05, 4.69) is 63.2 Å². The van der Waals surface area contributed by atoms with Gasteiger partial charge in [-0.3, -0.25) is 0 Å². The van der Waals surface area contributed by atoms with E-state index in [0.29, 0.717) is 24.5 Å². The molecule has 1 atom stereocenters. The predicted octanol–water partition coefficient (Wildman–Crippen LogP) is 6.43. The van der Waals surface area contributed by atoms with Gasteiger partial charge in [0.2, 0.25) is 0 Å². The van der Waals surface area contributed by atoms with Crippen LogP contribution in [0.25, 0.3) is 11.1 Å². The van der Waals surface area contributed by atoms with E-state index in [1.165, 1.54) is 41.5 Å². The molecule has 0 aromatic heterocycles. The van der Waals surface area contributed by atoms with Gasteiger partial charge < -0.3 is 9.47 Å². The molecule has 2 fully saturated rings. The molecule has 1 saturated carbocycles. The zero-order valence-corrected chi connectivity index (χ0v) is 17.2. The second-order valence-electron chi connectivity index (χ2n) is 8.93. The molecule has 2 heteroatoms. The van der Waals surface area contributed by atoms with Crippen LogP contribution >= 0.6 is 0 Å². The SMILES string of the molecule is CCc1ccc(-c2cccc(C3(C)OCCO3)c2)c([C@@H]2CCCC2(C)C)c1. The summed E-state index contributed by atoms with van der Waals surface area (Å²) in [5, 5.41) is 0. The van der Waals surface area contributed by atoms with Crippen LogP contribution in [-0.4, -0.2) is 13.2 Å². The zero-order valence-electron chi connectivity index (χ0n) is 17.2. The molecule has 0 spiro atoms. The molecule has 27 heavy (non-hydrogen) atoms. The summed E-state index contributed by atoms with van der Waals surface area (Å²) in [5.41, 5.74) is 7.06. The highest BCUT2D eigenvalue weighted by Crippen LogP contribution is 2.51. The molecule has 1 saturated heterocycles. The largest absolute Gasteiger partial charge is 0.344 e. The smallest absolute Gasteiger partial charge is 0.192 e. The van der Waals surface area contributed by atoms with Crippen LogP contribution in [0, 0.1) is 5.41 Å². The fraction of sp³-hybridized carbons (Fsp3) is 0.520. The lowest BCUT2D eigenvalue weighted by Gasteiger charge is -2.30. The fourth-order valence-electron chi connectivity index (χ4n) is 4.94. The van der Waals surface area contributed by atoms with Gasteiger partial charge in [0.1, 0.15) is 0 Å². The Morgan fingerprint density at radius 2 is 1.78 bits per heavy atom. The Hall–Kier alpha value is -1.64. The molecule has 0 radical (unpaired) electrons. The highest BCUT2D eigenvalue weighted by molar-refractivity contribution is 5.70. The lowest BCUT2D eigenvalue weighted by Crippen LogP contribution is -2.22. The van der Waals surface area contributed by atoms with Crippen molar-refractivity contribution < 1.29 is 9.47 Å². The Morgan fingerprint density at radius 1 is 1.00 bits per heavy atom. The molecule has 4 rings (SSSR count). The summed E-state index contributed by atoms with van der Waals surface area (Å²) in [7, 11) is 0. The molecule has 2 nitrogen and oxygen atoms in total. The Bertz CT molecular complexity index is 815. The first-order chi connectivity index (χ1) is 12.9. The molecule has 2 aromatic rings. The fourth-order valence-corrected chi connectivity index (χ4v) is 4.94. The summed E-state index contributed by atoms with van der Waals surface area (Å²) in [5.74, 6) is 0.00354. The van der Waals surface area contributed by atoms with Gasteiger partial charge in [0, 0.05) is 5.56 Å². The molecule has 144 valence electrons. The van der Waals surface area contributed by atoms with Gasteiger partial charge in [-0.05, 0) is 65.8 Å². The van der Waals surface area contributed by atoms with E-state index in [-0.39, 0.29) is 0 Å². The Kier molecular flexibility index (Phi) is 4.90. The van der Waals surface area contributed by atoms with E-state index in [4.69, 9.17) is 9.47 Å². The third kappa shape index (κ3) is 3.46. The van der Waals surface area contributed by atoms with Crippen LogP contribution in [0.15, 0.2) is 42.5 Å². The van der Waals surface area contributed by atoms with Gasteiger partial charge in [0.15, 0.2) is 5.79 Å². The number of hydrogen-bond acceptors (Lipinski definition) is 2. The lowest BCUT2D eigenvalue weighted by atomic mass is 9.75. The van der Waals surface area contributed by atoms with E-state index in [1.54, 1.807) is 0 Å². The van der Waals surface area contributed by atoms with E-state index in [9.17, 15) is 0 Å². The van der Waals surface area contributed by atoms with Gasteiger partial charge in [-0.15, -0.1) is 0 Å². The van der Waals surface area contributed by atoms with E-state index in [0.717, 1.165) is 12.0 Å². The molecule has 1 heterocycles. The number of ether oxygens (including phenoxy) is 2. The van der Waals surface area contributed by atoms with Crippen molar-refractivity contribution in [1.82, 2.24) is 0 Å². The molecule has 0 bridgehead atoms. The molecule has 1 aliphatic carbocycles. The summed E-state index contributed by atoms with van der Waals surface area (Å²) < 4.78 is 11.8. The summed E-state index contributed by atoms with van der Waals surface area (Å²) in [6, 6.07) is 15.8. The summed E-state index contributed by atoms with van der Waals surface area (Å²) in [6.07, 6.45) is 5.01. The number of benzene rings is 2. The molecular weight excluding hydrogens is 332 g/mol. The molecule has 1 aliphatic heterocycles.